The second kappa shape index (κ2) is 43.0. The van der Waals surface area contributed by atoms with Crippen molar-refractivity contribution in [3.8, 4) is 0 Å². The summed E-state index contributed by atoms with van der Waals surface area (Å²) in [6.07, 6.45) is -3.91. The van der Waals surface area contributed by atoms with Gasteiger partial charge in [0, 0.05) is 28.3 Å². The molecule has 7 atom stereocenters. The molecule has 0 aliphatic rings. The summed E-state index contributed by atoms with van der Waals surface area (Å²) in [5.74, 6) is -0.245. The molecule has 360 valence electrons. The Morgan fingerprint density at radius 3 is 1.09 bits per heavy atom. The van der Waals surface area contributed by atoms with E-state index in [0.29, 0.717) is 39.7 Å². The third kappa shape index (κ3) is 57.5. The third-order valence-corrected chi connectivity index (χ3v) is 6.48. The minimum absolute atomic E-state index is 0. The van der Waals surface area contributed by atoms with Gasteiger partial charge >= 0.3 is 5.97 Å². The molecular formula is C37H88Cl2N3O16+. The number of hydrogen-bond acceptors (Lipinski definition) is 16. The molecule has 0 amide bonds. The van der Waals surface area contributed by atoms with Crippen molar-refractivity contribution in [1.82, 2.24) is 0 Å². The Hall–Kier alpha value is -0.630. The highest BCUT2D eigenvalue weighted by molar-refractivity contribution is 5.65. The molecule has 0 saturated carbocycles. The van der Waals surface area contributed by atoms with E-state index >= 15 is 0 Å². The SMILES string of the molecule is C.CO.COC(C)=O.COCC(CO)OCC(O)CO.COCC(COCC(O)C[N+](C)(C)C)OCC(COCC(O)C[N+](C)(C)C)OCC(O)C[N+](C)(C)C.[Cl-].[Cl-]. The van der Waals surface area contributed by atoms with Gasteiger partial charge < -0.3 is 112 Å². The lowest BCUT2D eigenvalue weighted by Gasteiger charge is -2.29. The number of likely N-dealkylation sites (N-methyl/N-ethyl adjacent to an activating group) is 3. The van der Waals surface area contributed by atoms with Gasteiger partial charge in [0.25, 0.3) is 0 Å². The number of carbonyl (C=O) groups excluding carboxylic acids is 1. The fraction of sp³-hybridized carbons (Fsp3) is 0.973. The van der Waals surface area contributed by atoms with Gasteiger partial charge in [0.15, 0.2) is 0 Å². The van der Waals surface area contributed by atoms with E-state index in [2.05, 4.69) is 4.74 Å². The lowest BCUT2D eigenvalue weighted by atomic mass is 10.3. The molecule has 0 fully saturated rings. The highest BCUT2D eigenvalue weighted by Gasteiger charge is 2.22. The first-order valence-electron chi connectivity index (χ1n) is 18.2. The number of halogens is 2. The lowest BCUT2D eigenvalue weighted by Crippen LogP contribution is -3.00. The summed E-state index contributed by atoms with van der Waals surface area (Å²) >= 11 is 0. The van der Waals surface area contributed by atoms with Crippen LogP contribution in [0.25, 0.3) is 0 Å². The van der Waals surface area contributed by atoms with Gasteiger partial charge in [-0.2, -0.15) is 0 Å². The molecule has 0 aromatic carbocycles. The van der Waals surface area contributed by atoms with Crippen LogP contribution in [0.3, 0.4) is 0 Å². The van der Waals surface area contributed by atoms with Gasteiger partial charge in [-0.1, -0.05) is 7.43 Å². The van der Waals surface area contributed by atoms with Crippen molar-refractivity contribution in [2.24, 2.45) is 0 Å². The number of aliphatic hydroxyl groups is 7. The predicted molar refractivity (Wildman–Crippen MR) is 214 cm³/mol. The Bertz CT molecular complexity index is 857. The number of carbonyl (C=O) groups is 1. The minimum Gasteiger partial charge on any atom is -1.00 e. The Balaban J connectivity index is -0.000000196. The van der Waals surface area contributed by atoms with E-state index in [9.17, 15) is 20.1 Å². The monoisotopic (exact) mass is 901 g/mol. The smallest absolute Gasteiger partial charge is 0.302 e. The van der Waals surface area contributed by atoms with E-state index in [4.69, 9.17) is 53.6 Å². The van der Waals surface area contributed by atoms with Crippen LogP contribution in [-0.4, -0.2) is 282 Å². The Kier molecular flexibility index (Phi) is 53.3. The second-order valence-corrected chi connectivity index (χ2v) is 15.9. The van der Waals surface area contributed by atoms with E-state index < -0.39 is 36.6 Å². The van der Waals surface area contributed by atoms with Gasteiger partial charge in [0.05, 0.1) is 143 Å². The van der Waals surface area contributed by atoms with Gasteiger partial charge in [-0.15, -0.1) is 0 Å². The molecule has 7 N–H and O–H groups in total. The number of esters is 1. The second-order valence-electron chi connectivity index (χ2n) is 15.9. The highest BCUT2D eigenvalue weighted by atomic mass is 35.5. The van der Waals surface area contributed by atoms with E-state index in [0.717, 1.165) is 7.11 Å². The quantitative estimate of drug-likeness (QED) is 0.0273. The van der Waals surface area contributed by atoms with Crippen LogP contribution in [0.4, 0.5) is 0 Å². The molecule has 0 rings (SSSR count). The third-order valence-electron chi connectivity index (χ3n) is 6.48. The topological polar surface area (TPSA) is 233 Å². The average Bonchev–Trinajstić information content (AvgIpc) is 3.06. The summed E-state index contributed by atoms with van der Waals surface area (Å²) < 4.78 is 44.4. The Morgan fingerprint density at radius 1 is 0.483 bits per heavy atom. The van der Waals surface area contributed by atoms with Gasteiger partial charge in [0.1, 0.15) is 62.4 Å². The average molecular weight is 902 g/mol. The normalized spacial score (nSPS) is 14.9. The molecule has 0 radical (unpaired) electrons. The van der Waals surface area contributed by atoms with Crippen LogP contribution in [0.1, 0.15) is 14.4 Å². The molecule has 0 saturated heterocycles. The van der Waals surface area contributed by atoms with E-state index in [1.807, 2.05) is 63.4 Å². The highest BCUT2D eigenvalue weighted by Crippen LogP contribution is 2.06. The first-order valence-corrected chi connectivity index (χ1v) is 18.2. The van der Waals surface area contributed by atoms with Crippen molar-refractivity contribution in [1.29, 1.82) is 0 Å². The van der Waals surface area contributed by atoms with Gasteiger partial charge in [0.2, 0.25) is 0 Å². The first-order chi connectivity index (χ1) is 25.4. The van der Waals surface area contributed by atoms with Gasteiger partial charge in [-0.25, -0.2) is 0 Å². The summed E-state index contributed by atoms with van der Waals surface area (Å²) in [5, 5.41) is 63.7. The van der Waals surface area contributed by atoms with Crippen molar-refractivity contribution < 1.29 is 117 Å². The number of methoxy groups -OCH3 is 3. The first kappa shape index (κ1) is 71.9. The molecule has 21 heteroatoms. The molecule has 0 bridgehead atoms. The van der Waals surface area contributed by atoms with Crippen LogP contribution in [0.2, 0.25) is 0 Å². The summed E-state index contributed by atoms with van der Waals surface area (Å²) in [5.41, 5.74) is 0. The van der Waals surface area contributed by atoms with Gasteiger partial charge in [-0.3, -0.25) is 4.79 Å². The summed E-state index contributed by atoms with van der Waals surface area (Å²) in [4.78, 5) is 9.59. The Labute approximate surface area is 363 Å². The predicted octanol–water partition coefficient (Wildman–Crippen LogP) is -8.57. The zero-order chi connectivity index (χ0) is 43.7. The van der Waals surface area contributed by atoms with E-state index in [1.165, 1.54) is 21.1 Å². The molecule has 0 spiro atoms. The number of rotatable bonds is 29. The van der Waals surface area contributed by atoms with Gasteiger partial charge in [-0.05, 0) is 0 Å². The maximum atomic E-state index is 10.4. The minimum atomic E-state index is -0.893. The number of aliphatic hydroxyl groups excluding tert-OH is 7. The standard InChI is InChI=1S/C25H58N3O8.C7H16O5.C3H6O2.CH4O.CH4.2ClH/c1-26(2,3)11-21(29)14-33-18-24(17-32-10)36-20-25(35-16-23(31)13-28(7,8)9)19-34-15-22(30)12-27(4,5)6;1-11-5-7(3-9)12-4-6(10)2-8;1-3(4)5-2;1-2;;;/h21-25,29-31H,11-20H2,1-10H3;6-10H,2-5H2,1H3;1-2H3;2H,1H3;1H4;2*1H/q+3;;;;;;/p-2. The van der Waals surface area contributed by atoms with Crippen molar-refractivity contribution in [2.75, 3.05) is 184 Å². The molecular weight excluding hydrogens is 813 g/mol. The molecule has 7 unspecified atom stereocenters. The molecule has 0 aliphatic heterocycles. The summed E-state index contributed by atoms with van der Waals surface area (Å²) in [6.45, 7) is 4.40. The van der Waals surface area contributed by atoms with Crippen LogP contribution in [0.15, 0.2) is 0 Å². The van der Waals surface area contributed by atoms with Crippen LogP contribution in [0.5, 0.6) is 0 Å². The van der Waals surface area contributed by atoms with E-state index in [-0.39, 0.29) is 110 Å². The summed E-state index contributed by atoms with van der Waals surface area (Å²) in [6, 6.07) is 0. The van der Waals surface area contributed by atoms with Crippen molar-refractivity contribution in [3.05, 3.63) is 0 Å². The Morgan fingerprint density at radius 2 is 0.776 bits per heavy atom. The number of quaternary nitrogens is 3. The van der Waals surface area contributed by atoms with Crippen molar-refractivity contribution in [2.45, 2.75) is 57.1 Å². The molecule has 0 aromatic rings. The molecule has 0 heterocycles. The fourth-order valence-corrected chi connectivity index (χ4v) is 4.33. The van der Waals surface area contributed by atoms with Crippen molar-refractivity contribution >= 4 is 5.97 Å². The maximum Gasteiger partial charge on any atom is 0.302 e. The lowest BCUT2D eigenvalue weighted by molar-refractivity contribution is -0.873. The van der Waals surface area contributed by atoms with Crippen LogP contribution in [0, 0.1) is 0 Å². The van der Waals surface area contributed by atoms with Crippen molar-refractivity contribution in [3.63, 3.8) is 0 Å². The van der Waals surface area contributed by atoms with Crippen LogP contribution in [-0.2, 0) is 42.7 Å². The fourth-order valence-electron chi connectivity index (χ4n) is 4.33. The molecule has 0 aromatic heterocycles. The molecule has 0 aliphatic carbocycles. The summed E-state index contributed by atoms with van der Waals surface area (Å²) in [7, 11) is 23.5. The number of hydrogen-bond donors (Lipinski definition) is 7. The van der Waals surface area contributed by atoms with Crippen LogP contribution >= 0.6 is 0 Å². The largest absolute Gasteiger partial charge is 1.00 e. The van der Waals surface area contributed by atoms with Crippen LogP contribution < -0.4 is 24.8 Å². The van der Waals surface area contributed by atoms with E-state index in [1.54, 1.807) is 7.11 Å². The zero-order valence-corrected chi connectivity index (χ0v) is 38.9. The maximum absolute atomic E-state index is 10.4. The number of ether oxygens (including phenoxy) is 8. The molecule has 58 heavy (non-hydrogen) atoms. The zero-order valence-electron chi connectivity index (χ0n) is 37.3. The molecule has 19 nitrogen and oxygen atoms in total. The number of nitrogens with zero attached hydrogens (tertiary/aromatic N) is 3.